The van der Waals surface area contributed by atoms with Crippen LogP contribution in [0.4, 0.5) is 36.2 Å². The Morgan fingerprint density at radius 2 is 1.87 bits per heavy atom. The Morgan fingerprint density at radius 3 is 2.58 bits per heavy atom. The lowest BCUT2D eigenvalue weighted by atomic mass is 9.78. The number of rotatable bonds is 8. The molecule has 1 aromatic carbocycles. The Morgan fingerprint density at radius 1 is 1.11 bits per heavy atom. The molecular weight excluding hydrogens is 581 g/mol. The standard InChI is InChI=1S/C33H43F3N8O/c1-31(2,20-42(5)6)19-38-30(45)28-40-25-18-44(29-24(33(34,35)36)9-8-14-37-29)15-12-22(25)27(41-28)39-21-10-11-23-26(17-21)43(7)16-13-32(23,3)4/h8-11,14,17H,12-13,15-16,18-20H2,1-7H3,(H,38,45)(H,39,40,41). The molecule has 45 heavy (non-hydrogen) atoms. The fourth-order valence-electron chi connectivity index (χ4n) is 6.33. The predicted octanol–water partition coefficient (Wildman–Crippen LogP) is 5.63. The van der Waals surface area contributed by atoms with Gasteiger partial charge in [0.2, 0.25) is 5.82 Å². The van der Waals surface area contributed by atoms with Crippen molar-refractivity contribution in [1.29, 1.82) is 0 Å². The average Bonchev–Trinajstić information content (AvgIpc) is 2.96. The van der Waals surface area contributed by atoms with Gasteiger partial charge in [-0.2, -0.15) is 13.2 Å². The predicted molar refractivity (Wildman–Crippen MR) is 171 cm³/mol. The summed E-state index contributed by atoms with van der Waals surface area (Å²) in [4.78, 5) is 32.7. The van der Waals surface area contributed by atoms with Crippen molar-refractivity contribution in [1.82, 2.24) is 25.2 Å². The second-order valence-electron chi connectivity index (χ2n) is 13.9. The third kappa shape index (κ3) is 7.16. The van der Waals surface area contributed by atoms with Crippen LogP contribution in [0.1, 0.15) is 67.1 Å². The van der Waals surface area contributed by atoms with Crippen LogP contribution in [0.5, 0.6) is 0 Å². The minimum atomic E-state index is -4.55. The number of halogens is 3. The highest BCUT2D eigenvalue weighted by Gasteiger charge is 2.37. The van der Waals surface area contributed by atoms with Crippen molar-refractivity contribution >= 4 is 28.9 Å². The van der Waals surface area contributed by atoms with E-state index in [0.29, 0.717) is 24.5 Å². The van der Waals surface area contributed by atoms with Crippen LogP contribution in [-0.4, -0.2) is 73.1 Å². The first-order chi connectivity index (χ1) is 21.0. The van der Waals surface area contributed by atoms with Crippen molar-refractivity contribution in [3.63, 3.8) is 0 Å². The van der Waals surface area contributed by atoms with Crippen molar-refractivity contribution in [3.8, 4) is 0 Å². The molecule has 0 unspecified atom stereocenters. The lowest BCUT2D eigenvalue weighted by Crippen LogP contribution is -2.41. The molecule has 0 bridgehead atoms. The van der Waals surface area contributed by atoms with Gasteiger partial charge in [0.15, 0.2) is 0 Å². The van der Waals surface area contributed by atoms with Crippen LogP contribution in [0.3, 0.4) is 0 Å². The van der Waals surface area contributed by atoms with Crippen LogP contribution < -0.4 is 20.4 Å². The Kier molecular flexibility index (Phi) is 8.74. The van der Waals surface area contributed by atoms with Gasteiger partial charge in [0, 0.05) is 56.4 Å². The van der Waals surface area contributed by atoms with Gasteiger partial charge in [0.05, 0.1) is 17.8 Å². The second kappa shape index (κ2) is 12.1. The normalized spacial score (nSPS) is 16.3. The molecule has 2 aliphatic heterocycles. The van der Waals surface area contributed by atoms with E-state index in [4.69, 9.17) is 0 Å². The fourth-order valence-corrected chi connectivity index (χ4v) is 6.33. The van der Waals surface area contributed by atoms with E-state index >= 15 is 0 Å². The van der Waals surface area contributed by atoms with E-state index in [1.165, 1.54) is 17.8 Å². The average molecular weight is 625 g/mol. The van der Waals surface area contributed by atoms with Crippen molar-refractivity contribution < 1.29 is 18.0 Å². The molecular formula is C33H43F3N8O. The van der Waals surface area contributed by atoms with Crippen molar-refractivity contribution in [2.75, 3.05) is 62.4 Å². The van der Waals surface area contributed by atoms with E-state index in [9.17, 15) is 18.0 Å². The number of fused-ring (bicyclic) bond motifs is 2. The van der Waals surface area contributed by atoms with E-state index < -0.39 is 17.6 Å². The fraction of sp³-hybridized carbons (Fsp3) is 0.515. The van der Waals surface area contributed by atoms with Crippen LogP contribution in [0.2, 0.25) is 0 Å². The SMILES string of the molecule is CN(C)CC(C)(C)CNC(=O)c1nc2c(c(Nc3ccc4c(c3)N(C)CCC4(C)C)n1)CCN(c1ncccc1C(F)(F)F)C2. The van der Waals surface area contributed by atoms with Crippen molar-refractivity contribution in [2.24, 2.45) is 5.41 Å². The van der Waals surface area contributed by atoms with Gasteiger partial charge in [-0.1, -0.05) is 33.8 Å². The summed E-state index contributed by atoms with van der Waals surface area (Å²) in [6.45, 7) is 11.0. The third-order valence-corrected chi connectivity index (χ3v) is 8.60. The number of aromatic nitrogens is 3. The first-order valence-corrected chi connectivity index (χ1v) is 15.3. The van der Waals surface area contributed by atoms with Crippen molar-refractivity contribution in [2.45, 2.75) is 58.7 Å². The highest BCUT2D eigenvalue weighted by atomic mass is 19.4. The Bertz CT molecular complexity index is 1570. The van der Waals surface area contributed by atoms with Gasteiger partial charge in [-0.3, -0.25) is 4.79 Å². The second-order valence-corrected chi connectivity index (χ2v) is 13.9. The molecule has 1 amide bonds. The Hall–Kier alpha value is -3.93. The number of amides is 1. The summed E-state index contributed by atoms with van der Waals surface area (Å²) in [7, 11) is 6.03. The minimum Gasteiger partial charge on any atom is -0.374 e. The number of pyridine rings is 1. The Balaban J connectivity index is 1.51. The first-order valence-electron chi connectivity index (χ1n) is 15.3. The van der Waals surface area contributed by atoms with Crippen LogP contribution in [0.15, 0.2) is 36.5 Å². The first kappa shape index (κ1) is 32.5. The summed E-state index contributed by atoms with van der Waals surface area (Å²) >= 11 is 0. The summed E-state index contributed by atoms with van der Waals surface area (Å²) in [5, 5.41) is 6.41. The van der Waals surface area contributed by atoms with Gasteiger partial charge in [0.1, 0.15) is 11.6 Å². The minimum absolute atomic E-state index is 0.0352. The molecule has 2 aliphatic rings. The number of alkyl halides is 3. The maximum atomic E-state index is 13.9. The topological polar surface area (TPSA) is 89.5 Å². The monoisotopic (exact) mass is 624 g/mol. The number of anilines is 4. The van der Waals surface area contributed by atoms with Crippen LogP contribution >= 0.6 is 0 Å². The van der Waals surface area contributed by atoms with E-state index in [1.54, 1.807) is 4.90 Å². The highest BCUT2D eigenvalue weighted by Crippen LogP contribution is 2.41. The lowest BCUT2D eigenvalue weighted by molar-refractivity contribution is -0.137. The molecule has 0 saturated carbocycles. The molecule has 0 fully saturated rings. The Labute approximate surface area is 263 Å². The zero-order valence-electron chi connectivity index (χ0n) is 27.1. The van der Waals surface area contributed by atoms with Crippen LogP contribution in [-0.2, 0) is 24.6 Å². The number of hydrogen-bond donors (Lipinski definition) is 2. The number of hydrogen-bond acceptors (Lipinski definition) is 8. The smallest absolute Gasteiger partial charge is 0.374 e. The lowest BCUT2D eigenvalue weighted by Gasteiger charge is -2.38. The maximum absolute atomic E-state index is 13.9. The van der Waals surface area contributed by atoms with E-state index in [0.717, 1.165) is 42.5 Å². The van der Waals surface area contributed by atoms with Gasteiger partial charge in [-0.15, -0.1) is 0 Å². The molecule has 2 N–H and O–H groups in total. The molecule has 3 aromatic rings. The molecule has 9 nitrogen and oxygen atoms in total. The zero-order valence-corrected chi connectivity index (χ0v) is 27.1. The van der Waals surface area contributed by atoms with Gasteiger partial charge < -0.3 is 25.3 Å². The molecule has 242 valence electrons. The number of nitrogens with zero attached hydrogens (tertiary/aromatic N) is 6. The number of nitrogens with one attached hydrogen (secondary N) is 2. The van der Waals surface area contributed by atoms with E-state index in [1.807, 2.05) is 20.2 Å². The number of carbonyl (C=O) groups is 1. The summed E-state index contributed by atoms with van der Waals surface area (Å²) in [5.41, 5.74) is 3.50. The third-order valence-electron chi connectivity index (χ3n) is 8.60. The molecule has 2 aromatic heterocycles. The van der Waals surface area contributed by atoms with Crippen LogP contribution in [0.25, 0.3) is 0 Å². The van der Waals surface area contributed by atoms with E-state index in [-0.39, 0.29) is 35.6 Å². The van der Waals surface area contributed by atoms with Crippen molar-refractivity contribution in [3.05, 3.63) is 64.7 Å². The summed E-state index contributed by atoms with van der Waals surface area (Å²) in [6.07, 6.45) is -1.77. The maximum Gasteiger partial charge on any atom is 0.419 e. The van der Waals surface area contributed by atoms with Crippen LogP contribution in [0, 0.1) is 5.41 Å². The van der Waals surface area contributed by atoms with Gasteiger partial charge in [-0.25, -0.2) is 15.0 Å². The highest BCUT2D eigenvalue weighted by molar-refractivity contribution is 5.91. The summed E-state index contributed by atoms with van der Waals surface area (Å²) in [5.74, 6) is -0.148. The van der Waals surface area contributed by atoms with Gasteiger partial charge >= 0.3 is 6.18 Å². The number of carbonyl (C=O) groups excluding carboxylic acids is 1. The largest absolute Gasteiger partial charge is 0.419 e. The molecule has 0 aliphatic carbocycles. The van der Waals surface area contributed by atoms with E-state index in [2.05, 4.69) is 82.3 Å². The zero-order chi connectivity index (χ0) is 32.7. The number of benzene rings is 1. The summed E-state index contributed by atoms with van der Waals surface area (Å²) < 4.78 is 41.6. The molecule has 0 radical (unpaired) electrons. The summed E-state index contributed by atoms with van der Waals surface area (Å²) in [6, 6.07) is 8.55. The molecule has 4 heterocycles. The molecule has 12 heteroatoms. The van der Waals surface area contributed by atoms with Gasteiger partial charge in [0.25, 0.3) is 5.91 Å². The molecule has 5 rings (SSSR count). The molecule has 0 atom stereocenters. The quantitative estimate of drug-likeness (QED) is 0.334. The molecule has 0 saturated heterocycles. The van der Waals surface area contributed by atoms with Gasteiger partial charge in [-0.05, 0) is 67.6 Å². The molecule has 0 spiro atoms.